The van der Waals surface area contributed by atoms with E-state index in [2.05, 4.69) is 45.9 Å². The van der Waals surface area contributed by atoms with Gasteiger partial charge in [-0.3, -0.25) is 0 Å². The normalized spacial score (nSPS) is 19.3. The molecule has 3 aromatic rings. The molecule has 1 fully saturated rings. The number of allylic oxidation sites excluding steroid dienone is 3. The van der Waals surface area contributed by atoms with E-state index in [1.54, 1.807) is 0 Å². The molecule has 154 valence electrons. The Labute approximate surface area is 176 Å². The number of aromatic nitrogens is 5. The molecule has 0 bridgehead atoms. The fourth-order valence-electron chi connectivity index (χ4n) is 4.48. The molecule has 0 aliphatic carbocycles. The molecule has 2 aliphatic rings. The van der Waals surface area contributed by atoms with E-state index in [0.29, 0.717) is 0 Å². The van der Waals surface area contributed by atoms with Gasteiger partial charge in [-0.2, -0.15) is 0 Å². The molecule has 5 heterocycles. The topological polar surface area (TPSA) is 69.0 Å². The van der Waals surface area contributed by atoms with Gasteiger partial charge < -0.3 is 14.2 Å². The van der Waals surface area contributed by atoms with Crippen molar-refractivity contribution in [2.45, 2.75) is 32.7 Å². The molecular weight excluding hydrogens is 376 g/mol. The monoisotopic (exact) mass is 402 g/mol. The van der Waals surface area contributed by atoms with Crippen LogP contribution in [0, 0.1) is 0 Å². The van der Waals surface area contributed by atoms with E-state index in [0.717, 1.165) is 78.9 Å². The lowest BCUT2D eigenvalue weighted by atomic mass is 9.98. The van der Waals surface area contributed by atoms with Gasteiger partial charge in [-0.1, -0.05) is 18.2 Å². The second-order valence-corrected chi connectivity index (χ2v) is 7.89. The average Bonchev–Trinajstić information content (AvgIpc) is 3.34. The number of nitrogens with zero attached hydrogens (tertiary/aromatic N) is 6. The third kappa shape index (κ3) is 3.19. The van der Waals surface area contributed by atoms with Gasteiger partial charge in [0, 0.05) is 37.5 Å². The van der Waals surface area contributed by atoms with E-state index in [4.69, 9.17) is 14.7 Å². The molecule has 0 radical (unpaired) electrons. The average molecular weight is 403 g/mol. The summed E-state index contributed by atoms with van der Waals surface area (Å²) < 4.78 is 7.69. The van der Waals surface area contributed by atoms with Crippen molar-refractivity contribution in [3.8, 4) is 11.3 Å². The fourth-order valence-corrected chi connectivity index (χ4v) is 4.48. The second-order valence-electron chi connectivity index (χ2n) is 7.89. The summed E-state index contributed by atoms with van der Waals surface area (Å²) in [5.74, 6) is 1.84. The predicted octanol–water partition coefficient (Wildman–Crippen LogP) is 3.73. The maximum atomic E-state index is 5.41. The number of aryl methyl sites for hydroxylation is 1. The van der Waals surface area contributed by atoms with Crippen LogP contribution in [0.4, 0.5) is 5.95 Å². The van der Waals surface area contributed by atoms with Gasteiger partial charge in [0.25, 0.3) is 0 Å². The van der Waals surface area contributed by atoms with Gasteiger partial charge in [-0.25, -0.2) is 19.9 Å². The molecule has 7 heteroatoms. The molecule has 7 nitrogen and oxygen atoms in total. The Morgan fingerprint density at radius 3 is 2.63 bits per heavy atom. The van der Waals surface area contributed by atoms with Crippen LogP contribution in [-0.4, -0.2) is 50.8 Å². The number of rotatable bonds is 4. The highest BCUT2D eigenvalue weighted by molar-refractivity contribution is 5.76. The zero-order valence-corrected chi connectivity index (χ0v) is 17.5. The Balaban J connectivity index is 1.50. The van der Waals surface area contributed by atoms with E-state index in [9.17, 15) is 0 Å². The van der Waals surface area contributed by atoms with Crippen molar-refractivity contribution in [1.82, 2.24) is 24.5 Å². The van der Waals surface area contributed by atoms with Crippen molar-refractivity contribution in [3.63, 3.8) is 0 Å². The predicted molar refractivity (Wildman–Crippen MR) is 118 cm³/mol. The van der Waals surface area contributed by atoms with Crippen LogP contribution in [0.1, 0.15) is 32.1 Å². The van der Waals surface area contributed by atoms with Crippen molar-refractivity contribution in [3.05, 3.63) is 54.2 Å². The Kier molecular flexibility index (Phi) is 4.83. The minimum absolute atomic E-state index is 0.246. The zero-order chi connectivity index (χ0) is 20.7. The SMILES string of the molecule is C=C(C)/C(=C\C)C1CCc2nc3ccc(-c4cnc(N5CCOCC5)nc4)nc3n21. The summed E-state index contributed by atoms with van der Waals surface area (Å²) in [5, 5.41) is 0. The third-order valence-electron chi connectivity index (χ3n) is 5.95. The minimum atomic E-state index is 0.246. The molecule has 1 saturated heterocycles. The Morgan fingerprint density at radius 1 is 1.17 bits per heavy atom. The minimum Gasteiger partial charge on any atom is -0.378 e. The van der Waals surface area contributed by atoms with E-state index in [-0.39, 0.29) is 6.04 Å². The van der Waals surface area contributed by atoms with Crippen molar-refractivity contribution >= 4 is 17.1 Å². The van der Waals surface area contributed by atoms with Crippen LogP contribution in [-0.2, 0) is 11.2 Å². The van der Waals surface area contributed by atoms with E-state index in [1.807, 2.05) is 24.5 Å². The van der Waals surface area contributed by atoms with Crippen molar-refractivity contribution < 1.29 is 4.74 Å². The lowest BCUT2D eigenvalue weighted by Gasteiger charge is -2.26. The molecule has 2 aliphatic heterocycles. The molecule has 30 heavy (non-hydrogen) atoms. The second kappa shape index (κ2) is 7.65. The van der Waals surface area contributed by atoms with Crippen LogP contribution in [0.15, 0.2) is 48.3 Å². The standard InChI is InChI=1S/C23H26N6O/c1-4-17(15(2)3)20-7-8-21-26-19-6-5-18(27-22(19)29(20)21)16-13-24-23(25-14-16)28-9-11-30-12-10-28/h4-6,13-14,20H,2,7-12H2,1,3H3/b17-4+. The molecule has 0 amide bonds. The number of pyridine rings is 1. The molecule has 3 aromatic heterocycles. The Morgan fingerprint density at radius 2 is 1.93 bits per heavy atom. The van der Waals surface area contributed by atoms with Crippen LogP contribution in [0.5, 0.6) is 0 Å². The summed E-state index contributed by atoms with van der Waals surface area (Å²) in [5.41, 5.74) is 5.98. The van der Waals surface area contributed by atoms with Gasteiger partial charge in [-0.05, 0) is 38.0 Å². The van der Waals surface area contributed by atoms with Gasteiger partial charge in [0.1, 0.15) is 11.3 Å². The number of anilines is 1. The summed E-state index contributed by atoms with van der Waals surface area (Å²) in [6, 6.07) is 4.30. The molecule has 5 rings (SSSR count). The van der Waals surface area contributed by atoms with E-state index >= 15 is 0 Å². The van der Waals surface area contributed by atoms with Gasteiger partial charge >= 0.3 is 0 Å². The first-order valence-corrected chi connectivity index (χ1v) is 10.5. The number of ether oxygens (including phenoxy) is 1. The number of hydrogen-bond acceptors (Lipinski definition) is 6. The van der Waals surface area contributed by atoms with Crippen molar-refractivity contribution in [2.24, 2.45) is 0 Å². The summed E-state index contributed by atoms with van der Waals surface area (Å²) in [4.78, 5) is 21.1. The van der Waals surface area contributed by atoms with Gasteiger partial charge in [0.2, 0.25) is 5.95 Å². The van der Waals surface area contributed by atoms with Crippen LogP contribution >= 0.6 is 0 Å². The van der Waals surface area contributed by atoms with Gasteiger partial charge in [-0.15, -0.1) is 0 Å². The quantitative estimate of drug-likeness (QED) is 0.620. The van der Waals surface area contributed by atoms with Gasteiger partial charge in [0.05, 0.1) is 24.9 Å². The van der Waals surface area contributed by atoms with Crippen LogP contribution in [0.2, 0.25) is 0 Å². The lowest BCUT2D eigenvalue weighted by molar-refractivity contribution is 0.122. The number of fused-ring (bicyclic) bond motifs is 3. The molecular formula is C23H26N6O. The maximum Gasteiger partial charge on any atom is 0.225 e. The smallest absolute Gasteiger partial charge is 0.225 e. The van der Waals surface area contributed by atoms with Crippen molar-refractivity contribution in [2.75, 3.05) is 31.2 Å². The summed E-state index contributed by atoms with van der Waals surface area (Å²) in [7, 11) is 0. The molecule has 0 aromatic carbocycles. The Hall–Kier alpha value is -3.06. The Bertz CT molecular complexity index is 1120. The highest BCUT2D eigenvalue weighted by atomic mass is 16.5. The number of hydrogen-bond donors (Lipinski definition) is 0. The van der Waals surface area contributed by atoms with Crippen LogP contribution < -0.4 is 4.90 Å². The van der Waals surface area contributed by atoms with Crippen molar-refractivity contribution in [1.29, 1.82) is 0 Å². The summed E-state index contributed by atoms with van der Waals surface area (Å²) in [6.45, 7) is 11.4. The zero-order valence-electron chi connectivity index (χ0n) is 17.5. The summed E-state index contributed by atoms with van der Waals surface area (Å²) in [6.07, 6.45) is 7.87. The fraction of sp³-hybridized carbons (Fsp3) is 0.391. The summed E-state index contributed by atoms with van der Waals surface area (Å²) >= 11 is 0. The third-order valence-corrected chi connectivity index (χ3v) is 5.95. The number of imidazole rings is 1. The van der Waals surface area contributed by atoms with Gasteiger partial charge in [0.15, 0.2) is 5.65 Å². The van der Waals surface area contributed by atoms with Crippen LogP contribution in [0.3, 0.4) is 0 Å². The molecule has 1 atom stereocenters. The molecule has 0 spiro atoms. The first kappa shape index (κ1) is 18.9. The van der Waals surface area contributed by atoms with E-state index < -0.39 is 0 Å². The lowest BCUT2D eigenvalue weighted by Crippen LogP contribution is -2.37. The first-order chi connectivity index (χ1) is 14.7. The largest absolute Gasteiger partial charge is 0.378 e. The highest BCUT2D eigenvalue weighted by Crippen LogP contribution is 2.37. The first-order valence-electron chi connectivity index (χ1n) is 10.5. The van der Waals surface area contributed by atoms with E-state index in [1.165, 1.54) is 5.57 Å². The van der Waals surface area contributed by atoms with Crippen LogP contribution in [0.25, 0.3) is 22.4 Å². The molecule has 0 N–H and O–H groups in total. The number of morpholine rings is 1. The molecule has 0 saturated carbocycles. The molecule has 1 unspecified atom stereocenters. The highest BCUT2D eigenvalue weighted by Gasteiger charge is 2.29. The maximum absolute atomic E-state index is 5.41.